The van der Waals surface area contributed by atoms with E-state index in [0.29, 0.717) is 13.1 Å². The van der Waals surface area contributed by atoms with Crippen LogP contribution in [0.1, 0.15) is 29.5 Å². The van der Waals surface area contributed by atoms with Gasteiger partial charge >= 0.3 is 0 Å². The summed E-state index contributed by atoms with van der Waals surface area (Å²) in [5, 5.41) is 6.78. The summed E-state index contributed by atoms with van der Waals surface area (Å²) in [4.78, 5) is 22.8. The first-order valence-electron chi connectivity index (χ1n) is 11.3. The Bertz CT molecular complexity index is 977. The largest absolute Gasteiger partial charge is 0.493 e. The van der Waals surface area contributed by atoms with E-state index in [1.54, 1.807) is 13.2 Å². The van der Waals surface area contributed by atoms with Gasteiger partial charge in [-0.05, 0) is 42.5 Å². The van der Waals surface area contributed by atoms with Crippen LogP contribution < -0.4 is 26.0 Å². The minimum absolute atomic E-state index is 0.119. The fourth-order valence-electron chi connectivity index (χ4n) is 4.37. The number of aromatic nitrogens is 1. The summed E-state index contributed by atoms with van der Waals surface area (Å²) < 4.78 is 5.58. The highest BCUT2D eigenvalue weighted by Crippen LogP contribution is 2.26. The number of hydrogen-bond donors (Lipinski definition) is 3. The second-order valence-corrected chi connectivity index (χ2v) is 8.32. The number of nitrogens with two attached hydrogens (primary N) is 1. The van der Waals surface area contributed by atoms with Gasteiger partial charge in [-0.1, -0.05) is 18.2 Å². The molecule has 8 nitrogen and oxygen atoms in total. The molecule has 0 bridgehead atoms. The molecule has 2 aliphatic rings. The van der Waals surface area contributed by atoms with Crippen molar-refractivity contribution in [2.75, 3.05) is 38.2 Å². The number of carbonyl (C=O) groups excluding carboxylic acids is 1. The van der Waals surface area contributed by atoms with Crippen molar-refractivity contribution in [1.82, 2.24) is 15.6 Å². The Morgan fingerprint density at radius 1 is 1.34 bits per heavy atom. The van der Waals surface area contributed by atoms with Gasteiger partial charge in [0.15, 0.2) is 5.96 Å². The second-order valence-electron chi connectivity index (χ2n) is 8.32. The van der Waals surface area contributed by atoms with Crippen molar-refractivity contribution in [2.24, 2.45) is 16.6 Å². The van der Waals surface area contributed by atoms with Gasteiger partial charge in [-0.25, -0.2) is 4.98 Å². The van der Waals surface area contributed by atoms with E-state index in [4.69, 9.17) is 10.5 Å². The number of benzene rings is 1. The molecule has 32 heavy (non-hydrogen) atoms. The molecule has 1 aromatic carbocycles. The van der Waals surface area contributed by atoms with Crippen LogP contribution in [0.2, 0.25) is 0 Å². The molecule has 1 amide bonds. The van der Waals surface area contributed by atoms with Crippen molar-refractivity contribution < 1.29 is 9.53 Å². The highest BCUT2D eigenvalue weighted by molar-refractivity contribution is 5.80. The van der Waals surface area contributed by atoms with E-state index >= 15 is 0 Å². The molecule has 1 aromatic heterocycles. The lowest BCUT2D eigenvalue weighted by Crippen LogP contribution is -2.42. The molecule has 0 radical (unpaired) electrons. The number of anilines is 1. The van der Waals surface area contributed by atoms with Crippen molar-refractivity contribution in [3.05, 3.63) is 53.2 Å². The van der Waals surface area contributed by atoms with Gasteiger partial charge in [0.2, 0.25) is 5.91 Å². The summed E-state index contributed by atoms with van der Waals surface area (Å²) in [6, 6.07) is 10.4. The van der Waals surface area contributed by atoms with Gasteiger partial charge in [0.25, 0.3) is 0 Å². The van der Waals surface area contributed by atoms with Crippen LogP contribution in [0.15, 0.2) is 41.5 Å². The van der Waals surface area contributed by atoms with Gasteiger partial charge in [-0.15, -0.1) is 0 Å². The number of guanidine groups is 1. The molecule has 4 rings (SSSR count). The highest BCUT2D eigenvalue weighted by atomic mass is 16.5. The van der Waals surface area contributed by atoms with Crippen LogP contribution in [-0.2, 0) is 24.2 Å². The van der Waals surface area contributed by atoms with E-state index in [0.717, 1.165) is 68.5 Å². The Morgan fingerprint density at radius 3 is 3.09 bits per heavy atom. The molecule has 2 aliphatic heterocycles. The van der Waals surface area contributed by atoms with E-state index in [2.05, 4.69) is 49.8 Å². The standard InChI is InChI=1S/C24H32N6O2/c1-26-24(28-11-8-17-6-7-21-18(14-17)9-13-32-21)29-15-19-4-2-10-27-23(19)30-12-3-5-20(16-30)22(25)31/h2,4,6-7,10,14,20H,3,5,8-9,11-13,15-16H2,1H3,(H2,25,31)(H2,26,28,29). The van der Waals surface area contributed by atoms with Gasteiger partial charge in [0.1, 0.15) is 11.6 Å². The summed E-state index contributed by atoms with van der Waals surface area (Å²) in [6.45, 7) is 3.66. The van der Waals surface area contributed by atoms with Crippen LogP contribution >= 0.6 is 0 Å². The smallest absolute Gasteiger partial charge is 0.222 e. The summed E-state index contributed by atoms with van der Waals surface area (Å²) in [6.07, 6.45) is 5.48. The van der Waals surface area contributed by atoms with Crippen LogP contribution in [0.3, 0.4) is 0 Å². The number of primary amides is 1. The first-order chi connectivity index (χ1) is 15.6. The number of aliphatic imine (C=N–C) groups is 1. The van der Waals surface area contributed by atoms with Crippen LogP contribution in [-0.4, -0.2) is 50.1 Å². The SMILES string of the molecule is CN=C(NCCc1ccc2c(c1)CCO2)NCc1cccnc1N1CCCC(C(N)=O)C1. The Kier molecular flexibility index (Phi) is 7.09. The lowest BCUT2D eigenvalue weighted by molar-refractivity contribution is -0.122. The summed E-state index contributed by atoms with van der Waals surface area (Å²) in [5.74, 6) is 2.32. The van der Waals surface area contributed by atoms with Crippen molar-refractivity contribution in [2.45, 2.75) is 32.2 Å². The van der Waals surface area contributed by atoms with E-state index < -0.39 is 0 Å². The molecule has 0 spiro atoms. The molecular weight excluding hydrogens is 404 g/mol. The molecule has 1 unspecified atom stereocenters. The number of amides is 1. The maximum atomic E-state index is 11.7. The summed E-state index contributed by atoms with van der Waals surface area (Å²) in [5.41, 5.74) is 9.21. The molecule has 1 fully saturated rings. The van der Waals surface area contributed by atoms with Gasteiger partial charge in [0, 0.05) is 51.4 Å². The average Bonchev–Trinajstić information content (AvgIpc) is 3.29. The first-order valence-corrected chi connectivity index (χ1v) is 11.3. The molecule has 1 atom stereocenters. The molecule has 4 N–H and O–H groups in total. The normalized spacial score (nSPS) is 18.1. The molecular formula is C24H32N6O2. The number of hydrogen-bond acceptors (Lipinski definition) is 5. The van der Waals surface area contributed by atoms with Gasteiger partial charge in [0.05, 0.1) is 12.5 Å². The zero-order valence-electron chi connectivity index (χ0n) is 18.6. The molecule has 170 valence electrons. The van der Waals surface area contributed by atoms with Gasteiger partial charge < -0.3 is 26.0 Å². The predicted octanol–water partition coefficient (Wildman–Crippen LogP) is 1.63. The quantitative estimate of drug-likeness (QED) is 0.450. The number of ether oxygens (including phenoxy) is 1. The lowest BCUT2D eigenvalue weighted by atomic mass is 9.97. The third-order valence-electron chi connectivity index (χ3n) is 6.12. The van der Waals surface area contributed by atoms with Crippen LogP contribution in [0.25, 0.3) is 0 Å². The van der Waals surface area contributed by atoms with Crippen LogP contribution in [0.5, 0.6) is 5.75 Å². The minimum atomic E-state index is -0.231. The zero-order valence-corrected chi connectivity index (χ0v) is 18.6. The number of carbonyl (C=O) groups is 1. The number of pyridine rings is 1. The molecule has 0 aliphatic carbocycles. The monoisotopic (exact) mass is 436 g/mol. The fourth-order valence-corrected chi connectivity index (χ4v) is 4.37. The molecule has 8 heteroatoms. The van der Waals surface area contributed by atoms with E-state index in [9.17, 15) is 4.79 Å². The fraction of sp³-hybridized carbons (Fsp3) is 0.458. The number of nitrogens with one attached hydrogen (secondary N) is 2. The van der Waals surface area contributed by atoms with Crippen molar-refractivity contribution in [3.8, 4) is 5.75 Å². The maximum Gasteiger partial charge on any atom is 0.222 e. The lowest BCUT2D eigenvalue weighted by Gasteiger charge is -2.33. The number of fused-ring (bicyclic) bond motifs is 1. The zero-order chi connectivity index (χ0) is 22.3. The highest BCUT2D eigenvalue weighted by Gasteiger charge is 2.26. The molecule has 0 saturated carbocycles. The summed E-state index contributed by atoms with van der Waals surface area (Å²) >= 11 is 0. The molecule has 3 heterocycles. The predicted molar refractivity (Wildman–Crippen MR) is 126 cm³/mol. The molecule has 2 aromatic rings. The maximum absolute atomic E-state index is 11.7. The van der Waals surface area contributed by atoms with Crippen molar-refractivity contribution >= 4 is 17.7 Å². The number of rotatable bonds is 7. The van der Waals surface area contributed by atoms with E-state index in [1.165, 1.54) is 11.1 Å². The topological polar surface area (TPSA) is 105 Å². The summed E-state index contributed by atoms with van der Waals surface area (Å²) in [7, 11) is 1.77. The van der Waals surface area contributed by atoms with Crippen molar-refractivity contribution in [1.29, 1.82) is 0 Å². The van der Waals surface area contributed by atoms with Crippen molar-refractivity contribution in [3.63, 3.8) is 0 Å². The Hall–Kier alpha value is -3.29. The Balaban J connectivity index is 1.31. The average molecular weight is 437 g/mol. The van der Waals surface area contributed by atoms with E-state index in [-0.39, 0.29) is 11.8 Å². The first kappa shape index (κ1) is 21.9. The third kappa shape index (κ3) is 5.30. The van der Waals surface area contributed by atoms with Crippen LogP contribution in [0.4, 0.5) is 5.82 Å². The Morgan fingerprint density at radius 2 is 2.25 bits per heavy atom. The van der Waals surface area contributed by atoms with E-state index in [1.807, 2.05) is 6.07 Å². The van der Waals surface area contributed by atoms with Crippen LogP contribution in [0, 0.1) is 5.92 Å². The third-order valence-corrected chi connectivity index (χ3v) is 6.12. The molecule has 1 saturated heterocycles. The number of nitrogens with zero attached hydrogens (tertiary/aromatic N) is 3. The number of piperidine rings is 1. The minimum Gasteiger partial charge on any atom is -0.493 e. The second kappa shape index (κ2) is 10.3. The van der Waals surface area contributed by atoms with Gasteiger partial charge in [-0.3, -0.25) is 9.79 Å². The Labute approximate surface area is 189 Å². The van der Waals surface area contributed by atoms with Gasteiger partial charge in [-0.2, -0.15) is 0 Å².